The lowest BCUT2D eigenvalue weighted by atomic mass is 10.2. The van der Waals surface area contributed by atoms with Crippen LogP contribution in [-0.4, -0.2) is 44.2 Å². The van der Waals surface area contributed by atoms with Crippen LogP contribution in [0.3, 0.4) is 0 Å². The Morgan fingerprint density at radius 1 is 1.52 bits per heavy atom. The molecule has 116 valence electrons. The van der Waals surface area contributed by atoms with Gasteiger partial charge in [-0.1, -0.05) is 0 Å². The van der Waals surface area contributed by atoms with Crippen LogP contribution in [-0.2, 0) is 0 Å². The largest absolute Gasteiger partial charge is 0.486 e. The van der Waals surface area contributed by atoms with Crippen molar-refractivity contribution in [2.24, 2.45) is 0 Å². The summed E-state index contributed by atoms with van der Waals surface area (Å²) >= 11 is 1.45. The van der Waals surface area contributed by atoms with Crippen LogP contribution in [0.4, 0.5) is 10.7 Å². The molecule has 1 unspecified atom stereocenters. The minimum absolute atomic E-state index is 0.0436. The van der Waals surface area contributed by atoms with Gasteiger partial charge in [-0.3, -0.25) is 0 Å². The highest BCUT2D eigenvalue weighted by Gasteiger charge is 2.31. The Balaban J connectivity index is 2.35. The zero-order valence-electron chi connectivity index (χ0n) is 13.2. The minimum atomic E-state index is 0.0436. The highest BCUT2D eigenvalue weighted by atomic mass is 32.1. The molecule has 1 aromatic rings. The number of nitrogens with two attached hydrogens (primary N) is 1. The summed E-state index contributed by atoms with van der Waals surface area (Å²) in [4.78, 5) is 5.12. The maximum atomic E-state index is 9.24. The third-order valence-corrected chi connectivity index (χ3v) is 4.68. The van der Waals surface area contributed by atoms with Gasteiger partial charge in [0, 0.05) is 19.1 Å². The number of ether oxygens (including phenoxy) is 1. The first-order valence-corrected chi connectivity index (χ1v) is 8.16. The third-order valence-electron chi connectivity index (χ3n) is 3.55. The van der Waals surface area contributed by atoms with E-state index in [1.807, 2.05) is 13.8 Å². The molecule has 0 radical (unpaired) electrons. The molecule has 0 amide bonds. The zero-order valence-corrected chi connectivity index (χ0v) is 14.0. The fraction of sp³-hybridized carbons (Fsp3) is 0.667. The SMILES string of the molecule is CC(C)Oc1c(N2CCCC2CN(C)C)sc(C#N)c1N. The summed E-state index contributed by atoms with van der Waals surface area (Å²) in [6.45, 7) is 5.96. The fourth-order valence-corrected chi connectivity index (χ4v) is 3.80. The van der Waals surface area contributed by atoms with Crippen LogP contribution < -0.4 is 15.4 Å². The topological polar surface area (TPSA) is 65.5 Å². The molecule has 0 aliphatic carbocycles. The summed E-state index contributed by atoms with van der Waals surface area (Å²) in [6.07, 6.45) is 2.38. The number of rotatable bonds is 5. The van der Waals surface area contributed by atoms with E-state index in [1.54, 1.807) is 0 Å². The van der Waals surface area contributed by atoms with E-state index in [9.17, 15) is 5.26 Å². The van der Waals surface area contributed by atoms with E-state index >= 15 is 0 Å². The Hall–Kier alpha value is -1.45. The van der Waals surface area contributed by atoms with Crippen molar-refractivity contribution in [2.75, 3.05) is 37.8 Å². The van der Waals surface area contributed by atoms with Gasteiger partial charge in [-0.15, -0.1) is 11.3 Å². The van der Waals surface area contributed by atoms with Gasteiger partial charge in [0.2, 0.25) is 0 Å². The molecule has 1 aromatic heterocycles. The van der Waals surface area contributed by atoms with E-state index in [2.05, 4.69) is 30.0 Å². The molecular weight excluding hydrogens is 284 g/mol. The van der Waals surface area contributed by atoms with Gasteiger partial charge >= 0.3 is 0 Å². The van der Waals surface area contributed by atoms with Gasteiger partial charge in [0.05, 0.1) is 6.10 Å². The first-order chi connectivity index (χ1) is 9.93. The van der Waals surface area contributed by atoms with Gasteiger partial charge in [-0.25, -0.2) is 0 Å². The molecule has 0 aromatic carbocycles. The fourth-order valence-electron chi connectivity index (χ4n) is 2.75. The Morgan fingerprint density at radius 3 is 2.81 bits per heavy atom. The lowest BCUT2D eigenvalue weighted by Crippen LogP contribution is -2.37. The number of nitriles is 1. The number of likely N-dealkylation sites (N-methyl/N-ethyl adjacent to an activating group) is 1. The predicted molar refractivity (Wildman–Crippen MR) is 88.1 cm³/mol. The van der Waals surface area contributed by atoms with E-state index in [0.29, 0.717) is 22.4 Å². The summed E-state index contributed by atoms with van der Waals surface area (Å²) in [6, 6.07) is 2.64. The zero-order chi connectivity index (χ0) is 15.6. The smallest absolute Gasteiger partial charge is 0.178 e. The van der Waals surface area contributed by atoms with Crippen LogP contribution in [0, 0.1) is 11.3 Å². The Bertz CT molecular complexity index is 533. The van der Waals surface area contributed by atoms with E-state index in [0.717, 1.165) is 18.1 Å². The van der Waals surface area contributed by atoms with Crippen LogP contribution in [0.5, 0.6) is 5.75 Å². The van der Waals surface area contributed by atoms with Gasteiger partial charge in [-0.2, -0.15) is 5.26 Å². The predicted octanol–water partition coefficient (Wildman–Crippen LogP) is 2.52. The van der Waals surface area contributed by atoms with Gasteiger partial charge in [-0.05, 0) is 40.8 Å². The van der Waals surface area contributed by atoms with Crippen LogP contribution in [0.2, 0.25) is 0 Å². The van der Waals surface area contributed by atoms with E-state index in [1.165, 1.54) is 24.2 Å². The molecule has 21 heavy (non-hydrogen) atoms. The molecule has 1 atom stereocenters. The van der Waals surface area contributed by atoms with E-state index in [-0.39, 0.29) is 6.10 Å². The monoisotopic (exact) mass is 308 g/mol. The highest BCUT2D eigenvalue weighted by Crippen LogP contribution is 2.47. The first kappa shape index (κ1) is 15.9. The molecule has 2 rings (SSSR count). The second kappa shape index (κ2) is 6.54. The molecular formula is C15H24N4OS. The van der Waals surface area contributed by atoms with Crippen molar-refractivity contribution >= 4 is 22.0 Å². The van der Waals surface area contributed by atoms with Crippen molar-refractivity contribution in [2.45, 2.75) is 38.8 Å². The molecule has 0 saturated carbocycles. The number of hydrogen-bond acceptors (Lipinski definition) is 6. The second-order valence-corrected chi connectivity index (χ2v) is 7.01. The summed E-state index contributed by atoms with van der Waals surface area (Å²) < 4.78 is 5.90. The molecule has 2 N–H and O–H groups in total. The minimum Gasteiger partial charge on any atom is -0.486 e. The van der Waals surface area contributed by atoms with Crippen molar-refractivity contribution < 1.29 is 4.74 Å². The van der Waals surface area contributed by atoms with E-state index in [4.69, 9.17) is 10.5 Å². The van der Waals surface area contributed by atoms with Crippen molar-refractivity contribution in [1.82, 2.24) is 4.90 Å². The Labute approximate surface area is 130 Å². The third kappa shape index (κ3) is 3.42. The second-order valence-electron chi connectivity index (χ2n) is 6.01. The van der Waals surface area contributed by atoms with Crippen LogP contribution in [0.25, 0.3) is 0 Å². The van der Waals surface area contributed by atoms with Crippen LogP contribution >= 0.6 is 11.3 Å². The summed E-state index contributed by atoms with van der Waals surface area (Å²) in [5, 5.41) is 10.3. The Morgan fingerprint density at radius 2 is 2.24 bits per heavy atom. The summed E-state index contributed by atoms with van der Waals surface area (Å²) in [5.74, 6) is 0.692. The molecule has 6 heteroatoms. The van der Waals surface area contributed by atoms with Gasteiger partial charge in [0.1, 0.15) is 21.6 Å². The quantitative estimate of drug-likeness (QED) is 0.905. The molecule has 0 bridgehead atoms. The molecule has 5 nitrogen and oxygen atoms in total. The van der Waals surface area contributed by atoms with Gasteiger partial charge in [0.25, 0.3) is 0 Å². The van der Waals surface area contributed by atoms with Crippen molar-refractivity contribution in [1.29, 1.82) is 5.26 Å². The highest BCUT2D eigenvalue weighted by molar-refractivity contribution is 7.17. The lowest BCUT2D eigenvalue weighted by Gasteiger charge is -2.28. The molecule has 1 saturated heterocycles. The van der Waals surface area contributed by atoms with Gasteiger partial charge in [0.15, 0.2) is 5.75 Å². The standard InChI is InChI=1S/C15H24N4OS/c1-10(2)20-14-13(17)12(8-16)21-15(14)19-7-5-6-11(19)9-18(3)4/h10-11H,5-7,9,17H2,1-4H3. The molecule has 1 aliphatic heterocycles. The molecule has 1 fully saturated rings. The average molecular weight is 308 g/mol. The van der Waals surface area contributed by atoms with Crippen molar-refractivity contribution in [3.8, 4) is 11.8 Å². The van der Waals surface area contributed by atoms with Gasteiger partial charge < -0.3 is 20.3 Å². The van der Waals surface area contributed by atoms with Crippen molar-refractivity contribution in [3.63, 3.8) is 0 Å². The number of hydrogen-bond donors (Lipinski definition) is 1. The first-order valence-electron chi connectivity index (χ1n) is 7.34. The lowest BCUT2D eigenvalue weighted by molar-refractivity contribution is 0.245. The summed E-state index contributed by atoms with van der Waals surface area (Å²) in [7, 11) is 4.18. The number of anilines is 2. The average Bonchev–Trinajstić information content (AvgIpc) is 2.95. The van der Waals surface area contributed by atoms with Crippen LogP contribution in [0.15, 0.2) is 0 Å². The maximum Gasteiger partial charge on any atom is 0.178 e. The number of nitrogen functional groups attached to an aromatic ring is 1. The molecule has 1 aliphatic rings. The van der Waals surface area contributed by atoms with E-state index < -0.39 is 0 Å². The Kier molecular flexibility index (Phi) is 4.96. The van der Waals surface area contributed by atoms with Crippen molar-refractivity contribution in [3.05, 3.63) is 4.88 Å². The number of nitrogens with zero attached hydrogens (tertiary/aromatic N) is 3. The molecule has 0 spiro atoms. The summed E-state index contributed by atoms with van der Waals surface area (Å²) in [5.41, 5.74) is 6.59. The molecule has 2 heterocycles. The van der Waals surface area contributed by atoms with Crippen LogP contribution in [0.1, 0.15) is 31.6 Å². The maximum absolute atomic E-state index is 9.24. The number of thiophene rings is 1. The normalized spacial score (nSPS) is 18.5.